The molecule has 0 unspecified atom stereocenters. The van der Waals surface area contributed by atoms with Gasteiger partial charge in [-0.05, 0) is 31.5 Å². The van der Waals surface area contributed by atoms with Crippen LogP contribution in [0.1, 0.15) is 19.7 Å². The Hall–Kier alpha value is -1.23. The van der Waals surface area contributed by atoms with Gasteiger partial charge in [0.25, 0.3) is 0 Å². The standard InChI is InChI=1S/C14H13Cl2FN2O/c1-14(2,20-3)13-18-11(15)10(12(16)19-13)8-4-6-9(17)7-5-8/h4-7H,1-3H3. The summed E-state index contributed by atoms with van der Waals surface area (Å²) in [5.41, 5.74) is 0.432. The predicted octanol–water partition coefficient (Wildman–Crippen LogP) is 4.47. The normalized spacial score (nSPS) is 11.7. The van der Waals surface area contributed by atoms with Crippen LogP contribution >= 0.6 is 23.2 Å². The Morgan fingerprint density at radius 2 is 1.55 bits per heavy atom. The van der Waals surface area contributed by atoms with Gasteiger partial charge in [-0.15, -0.1) is 0 Å². The molecule has 3 nitrogen and oxygen atoms in total. The maximum absolute atomic E-state index is 13.0. The number of hydrogen-bond donors (Lipinski definition) is 0. The molecule has 0 aliphatic carbocycles. The molecule has 0 saturated carbocycles. The van der Waals surface area contributed by atoms with Crippen LogP contribution in [0, 0.1) is 5.82 Å². The molecule has 0 aliphatic heterocycles. The van der Waals surface area contributed by atoms with E-state index in [1.807, 2.05) is 13.8 Å². The summed E-state index contributed by atoms with van der Waals surface area (Å²) in [7, 11) is 1.55. The van der Waals surface area contributed by atoms with Crippen LogP contribution < -0.4 is 0 Å². The molecule has 0 saturated heterocycles. The zero-order valence-electron chi connectivity index (χ0n) is 11.2. The van der Waals surface area contributed by atoms with Gasteiger partial charge < -0.3 is 4.74 Å². The van der Waals surface area contributed by atoms with E-state index in [1.165, 1.54) is 12.1 Å². The molecule has 6 heteroatoms. The lowest BCUT2D eigenvalue weighted by molar-refractivity contribution is 0.0115. The Bertz CT molecular complexity index is 607. The van der Waals surface area contributed by atoms with Crippen LogP contribution in [-0.2, 0) is 10.3 Å². The van der Waals surface area contributed by atoms with E-state index in [0.29, 0.717) is 17.0 Å². The van der Waals surface area contributed by atoms with Crippen molar-refractivity contribution >= 4 is 23.2 Å². The molecular formula is C14H13Cl2FN2O. The number of benzene rings is 1. The molecule has 20 heavy (non-hydrogen) atoms. The lowest BCUT2D eigenvalue weighted by Crippen LogP contribution is -2.23. The fraction of sp³-hybridized carbons (Fsp3) is 0.286. The zero-order chi connectivity index (χ0) is 14.9. The molecule has 106 valence electrons. The molecule has 0 N–H and O–H groups in total. The van der Waals surface area contributed by atoms with Crippen LogP contribution in [0.2, 0.25) is 10.3 Å². The first-order chi connectivity index (χ1) is 9.35. The number of aromatic nitrogens is 2. The molecule has 0 bridgehead atoms. The van der Waals surface area contributed by atoms with E-state index in [2.05, 4.69) is 9.97 Å². The number of nitrogens with zero attached hydrogens (tertiary/aromatic N) is 2. The average Bonchev–Trinajstić information content (AvgIpc) is 2.40. The molecule has 0 atom stereocenters. The van der Waals surface area contributed by atoms with Crippen molar-refractivity contribution in [2.45, 2.75) is 19.4 Å². The number of methoxy groups -OCH3 is 1. The third-order valence-corrected chi connectivity index (χ3v) is 3.55. The highest BCUT2D eigenvalue weighted by molar-refractivity contribution is 6.37. The number of ether oxygens (including phenoxy) is 1. The van der Waals surface area contributed by atoms with Crippen molar-refractivity contribution in [2.24, 2.45) is 0 Å². The van der Waals surface area contributed by atoms with Crippen molar-refractivity contribution in [3.05, 3.63) is 46.2 Å². The first-order valence-electron chi connectivity index (χ1n) is 5.90. The summed E-state index contributed by atoms with van der Waals surface area (Å²) in [5.74, 6) is 0.0555. The lowest BCUT2D eigenvalue weighted by Gasteiger charge is -2.22. The van der Waals surface area contributed by atoms with E-state index >= 15 is 0 Å². The van der Waals surface area contributed by atoms with E-state index in [0.717, 1.165) is 0 Å². The van der Waals surface area contributed by atoms with Crippen molar-refractivity contribution in [3.8, 4) is 11.1 Å². The van der Waals surface area contributed by atoms with Crippen LogP contribution in [0.25, 0.3) is 11.1 Å². The summed E-state index contributed by atoms with van der Waals surface area (Å²) in [6.45, 7) is 3.62. The number of halogens is 3. The van der Waals surface area contributed by atoms with Gasteiger partial charge in [0.1, 0.15) is 21.7 Å². The smallest absolute Gasteiger partial charge is 0.163 e. The van der Waals surface area contributed by atoms with Crippen LogP contribution in [0.4, 0.5) is 4.39 Å². The van der Waals surface area contributed by atoms with Gasteiger partial charge in [0.15, 0.2) is 5.82 Å². The van der Waals surface area contributed by atoms with Crippen molar-refractivity contribution in [1.29, 1.82) is 0 Å². The summed E-state index contributed by atoms with van der Waals surface area (Å²) in [5, 5.41) is 0.411. The third-order valence-electron chi connectivity index (χ3n) is 3.00. The zero-order valence-corrected chi connectivity index (χ0v) is 12.8. The summed E-state index contributed by atoms with van der Waals surface area (Å²) in [6.07, 6.45) is 0. The Labute approximate surface area is 126 Å². The van der Waals surface area contributed by atoms with Gasteiger partial charge in [-0.3, -0.25) is 0 Å². The maximum atomic E-state index is 13.0. The van der Waals surface area contributed by atoms with Gasteiger partial charge in [0.2, 0.25) is 0 Å². The summed E-state index contributed by atoms with van der Waals surface area (Å²) in [6, 6.07) is 5.81. The topological polar surface area (TPSA) is 35.0 Å². The van der Waals surface area contributed by atoms with E-state index in [9.17, 15) is 4.39 Å². The van der Waals surface area contributed by atoms with Gasteiger partial charge in [-0.25, -0.2) is 14.4 Å². The Kier molecular flexibility index (Phi) is 4.28. The molecule has 2 aromatic rings. The second-order valence-electron chi connectivity index (χ2n) is 4.73. The first kappa shape index (κ1) is 15.2. The quantitative estimate of drug-likeness (QED) is 0.784. The van der Waals surface area contributed by atoms with Gasteiger partial charge in [0, 0.05) is 7.11 Å². The summed E-state index contributed by atoms with van der Waals surface area (Å²) < 4.78 is 18.3. The van der Waals surface area contributed by atoms with E-state index < -0.39 is 5.60 Å². The molecule has 0 radical (unpaired) electrons. The van der Waals surface area contributed by atoms with Crippen LogP contribution in [0.3, 0.4) is 0 Å². The van der Waals surface area contributed by atoms with Crippen molar-refractivity contribution in [2.75, 3.05) is 7.11 Å². The minimum atomic E-state index is -0.700. The lowest BCUT2D eigenvalue weighted by atomic mass is 10.1. The van der Waals surface area contributed by atoms with E-state index in [1.54, 1.807) is 19.2 Å². The highest BCUT2D eigenvalue weighted by atomic mass is 35.5. The minimum absolute atomic E-state index is 0.205. The SMILES string of the molecule is COC(C)(C)c1nc(Cl)c(-c2ccc(F)cc2)c(Cl)n1. The molecule has 0 spiro atoms. The van der Waals surface area contributed by atoms with Crippen molar-refractivity contribution in [3.63, 3.8) is 0 Å². The van der Waals surface area contributed by atoms with Crippen LogP contribution in [0.5, 0.6) is 0 Å². The Balaban J connectivity index is 2.55. The molecule has 0 amide bonds. The number of hydrogen-bond acceptors (Lipinski definition) is 3. The van der Waals surface area contributed by atoms with Gasteiger partial charge in [-0.2, -0.15) is 0 Å². The first-order valence-corrected chi connectivity index (χ1v) is 6.65. The molecule has 0 fully saturated rings. The Morgan fingerprint density at radius 1 is 1.05 bits per heavy atom. The summed E-state index contributed by atoms with van der Waals surface area (Å²) in [4.78, 5) is 8.45. The molecule has 2 rings (SSSR count). The second kappa shape index (κ2) is 5.64. The van der Waals surface area contributed by atoms with Gasteiger partial charge in [-0.1, -0.05) is 35.3 Å². The largest absolute Gasteiger partial charge is 0.371 e. The molecule has 1 aromatic carbocycles. The highest BCUT2D eigenvalue weighted by Crippen LogP contribution is 2.34. The predicted molar refractivity (Wildman–Crippen MR) is 77.5 cm³/mol. The van der Waals surface area contributed by atoms with Gasteiger partial charge in [0.05, 0.1) is 5.56 Å². The monoisotopic (exact) mass is 314 g/mol. The number of rotatable bonds is 3. The highest BCUT2D eigenvalue weighted by Gasteiger charge is 2.26. The van der Waals surface area contributed by atoms with Crippen LogP contribution in [0.15, 0.2) is 24.3 Å². The fourth-order valence-corrected chi connectivity index (χ4v) is 2.23. The minimum Gasteiger partial charge on any atom is -0.371 e. The van der Waals surface area contributed by atoms with E-state index in [4.69, 9.17) is 27.9 Å². The molecule has 1 heterocycles. The molecule has 1 aromatic heterocycles. The van der Waals surface area contributed by atoms with Crippen LogP contribution in [-0.4, -0.2) is 17.1 Å². The maximum Gasteiger partial charge on any atom is 0.163 e. The molecular weight excluding hydrogens is 302 g/mol. The second-order valence-corrected chi connectivity index (χ2v) is 5.44. The molecule has 0 aliphatic rings. The van der Waals surface area contributed by atoms with Gasteiger partial charge >= 0.3 is 0 Å². The van der Waals surface area contributed by atoms with E-state index in [-0.39, 0.29) is 16.1 Å². The average molecular weight is 315 g/mol. The summed E-state index contributed by atoms with van der Waals surface area (Å²) >= 11 is 12.4. The fourth-order valence-electron chi connectivity index (χ4n) is 1.62. The third kappa shape index (κ3) is 2.92. The Morgan fingerprint density at radius 3 is 2.00 bits per heavy atom. The van der Waals surface area contributed by atoms with Crippen molar-refractivity contribution < 1.29 is 9.13 Å². The van der Waals surface area contributed by atoms with Crippen molar-refractivity contribution in [1.82, 2.24) is 9.97 Å².